The molecule has 8 nitrogen and oxygen atoms in total. The van der Waals surface area contributed by atoms with Crippen molar-refractivity contribution in [2.24, 2.45) is 46.3 Å². The molecule has 38 heavy (non-hydrogen) atoms. The van der Waals surface area contributed by atoms with Crippen molar-refractivity contribution in [3.8, 4) is 0 Å². The molecule has 5 N–H and O–H groups in total. The normalized spacial score (nSPS) is 51.4. The molecule has 0 aromatic heterocycles. The van der Waals surface area contributed by atoms with Gasteiger partial charge in [-0.05, 0) is 111 Å². The topological polar surface area (TPSA) is 137 Å². The van der Waals surface area contributed by atoms with Crippen LogP contribution in [0.2, 0.25) is 0 Å². The quantitative estimate of drug-likeness (QED) is 0.326. The van der Waals surface area contributed by atoms with Gasteiger partial charge in [0.15, 0.2) is 0 Å². The second-order valence-corrected chi connectivity index (χ2v) is 14.0. The van der Waals surface area contributed by atoms with Gasteiger partial charge in [-0.2, -0.15) is 0 Å². The van der Waals surface area contributed by atoms with E-state index in [2.05, 4.69) is 20.8 Å². The summed E-state index contributed by atoms with van der Waals surface area (Å²) < 4.78 is 10.7. The average Bonchev–Trinajstić information content (AvgIpc) is 3.25. The molecule has 1 aliphatic heterocycles. The van der Waals surface area contributed by atoms with E-state index in [1.54, 1.807) is 0 Å². The Morgan fingerprint density at radius 2 is 1.63 bits per heavy atom. The number of hydrogen-bond donors (Lipinski definition) is 5. The van der Waals surface area contributed by atoms with E-state index in [1.807, 2.05) is 0 Å². The SMILES string of the molecule is C[C@H](CCC(=O)O[C@H]1O[C@H](CO)[C@@H](O)[C@H](O)[C@H]1O)[C@H]1CC[C@H]2[C@@H]3CC[C@@H]4C[C@H](O)CC[C@]4(C)[C@H]3CC[C@]12C. The minimum absolute atomic E-state index is 0.109. The first-order valence-electron chi connectivity index (χ1n) is 15.2. The van der Waals surface area contributed by atoms with Crippen molar-refractivity contribution in [2.75, 3.05) is 6.61 Å². The summed E-state index contributed by atoms with van der Waals surface area (Å²) in [4.78, 5) is 12.7. The van der Waals surface area contributed by atoms with Gasteiger partial charge in [0.1, 0.15) is 24.4 Å². The number of esters is 1. The number of aliphatic hydroxyl groups excluding tert-OH is 5. The zero-order chi connectivity index (χ0) is 27.4. The molecule has 0 aromatic carbocycles. The van der Waals surface area contributed by atoms with Crippen molar-refractivity contribution >= 4 is 5.97 Å². The van der Waals surface area contributed by atoms with Crippen LogP contribution in [0.4, 0.5) is 0 Å². The Bertz CT molecular complexity index is 850. The molecule has 5 fully saturated rings. The molecule has 1 heterocycles. The molecule has 5 aliphatic rings. The number of aliphatic hydroxyl groups is 5. The van der Waals surface area contributed by atoms with Crippen LogP contribution in [0.25, 0.3) is 0 Å². The van der Waals surface area contributed by atoms with E-state index in [-0.39, 0.29) is 12.5 Å². The molecule has 218 valence electrons. The lowest BCUT2D eigenvalue weighted by atomic mass is 9.44. The maximum atomic E-state index is 12.7. The molecule has 0 aromatic rings. The van der Waals surface area contributed by atoms with Gasteiger partial charge in [-0.1, -0.05) is 20.8 Å². The number of ether oxygens (including phenoxy) is 2. The highest BCUT2D eigenvalue weighted by Crippen LogP contribution is 2.68. The smallest absolute Gasteiger partial charge is 0.308 e. The summed E-state index contributed by atoms with van der Waals surface area (Å²) in [6.45, 7) is 6.74. The predicted octanol–water partition coefficient (Wildman–Crippen LogP) is 2.77. The zero-order valence-corrected chi connectivity index (χ0v) is 23.4. The molecule has 1 saturated heterocycles. The molecule has 4 aliphatic carbocycles. The van der Waals surface area contributed by atoms with E-state index in [9.17, 15) is 30.3 Å². The highest BCUT2D eigenvalue weighted by Gasteiger charge is 2.60. The summed E-state index contributed by atoms with van der Waals surface area (Å²) in [7, 11) is 0. The van der Waals surface area contributed by atoms with E-state index in [0.29, 0.717) is 35.0 Å². The number of carbonyl (C=O) groups excluding carboxylic acids is 1. The minimum Gasteiger partial charge on any atom is -0.433 e. The summed E-state index contributed by atoms with van der Waals surface area (Å²) in [5.74, 6) is 3.37. The predicted molar refractivity (Wildman–Crippen MR) is 139 cm³/mol. The fourth-order valence-corrected chi connectivity index (χ4v) is 10.1. The van der Waals surface area contributed by atoms with Crippen LogP contribution in [-0.4, -0.2) is 74.9 Å². The molecule has 5 rings (SSSR count). The van der Waals surface area contributed by atoms with Crippen molar-refractivity contribution in [3.63, 3.8) is 0 Å². The van der Waals surface area contributed by atoms with E-state index >= 15 is 0 Å². The Labute approximate surface area is 227 Å². The maximum absolute atomic E-state index is 12.7. The van der Waals surface area contributed by atoms with Crippen molar-refractivity contribution < 1.29 is 39.8 Å². The highest BCUT2D eigenvalue weighted by atomic mass is 16.7. The number of carbonyl (C=O) groups is 1. The lowest BCUT2D eigenvalue weighted by Crippen LogP contribution is -2.59. The zero-order valence-electron chi connectivity index (χ0n) is 23.4. The van der Waals surface area contributed by atoms with Gasteiger partial charge in [0.2, 0.25) is 6.29 Å². The fourth-order valence-electron chi connectivity index (χ4n) is 10.1. The Morgan fingerprint density at radius 1 is 0.921 bits per heavy atom. The van der Waals surface area contributed by atoms with E-state index in [1.165, 1.54) is 44.9 Å². The molecule has 0 spiro atoms. The molecule has 0 bridgehead atoms. The van der Waals surface area contributed by atoms with Crippen molar-refractivity contribution in [2.45, 2.75) is 128 Å². The molecule has 0 radical (unpaired) electrons. The van der Waals surface area contributed by atoms with Gasteiger partial charge in [0.05, 0.1) is 12.7 Å². The van der Waals surface area contributed by atoms with Gasteiger partial charge in [0, 0.05) is 6.42 Å². The Morgan fingerprint density at radius 3 is 2.37 bits per heavy atom. The number of rotatable bonds is 6. The minimum atomic E-state index is -1.57. The van der Waals surface area contributed by atoms with Gasteiger partial charge in [0.25, 0.3) is 0 Å². The Balaban J connectivity index is 1.17. The molecule has 8 heteroatoms. The van der Waals surface area contributed by atoms with Crippen molar-refractivity contribution in [3.05, 3.63) is 0 Å². The van der Waals surface area contributed by atoms with Crippen LogP contribution in [0.5, 0.6) is 0 Å². The van der Waals surface area contributed by atoms with E-state index in [0.717, 1.165) is 30.6 Å². The molecule has 4 saturated carbocycles. The van der Waals surface area contributed by atoms with Gasteiger partial charge >= 0.3 is 5.97 Å². The fraction of sp³-hybridized carbons (Fsp3) is 0.967. The van der Waals surface area contributed by atoms with Crippen LogP contribution in [0, 0.1) is 46.3 Å². The maximum Gasteiger partial charge on any atom is 0.308 e. The lowest BCUT2D eigenvalue weighted by Gasteiger charge is -2.61. The second-order valence-electron chi connectivity index (χ2n) is 14.0. The summed E-state index contributed by atoms with van der Waals surface area (Å²) in [5, 5.41) is 49.7. The lowest BCUT2D eigenvalue weighted by molar-refractivity contribution is -0.292. The first-order valence-corrected chi connectivity index (χ1v) is 15.2. The van der Waals surface area contributed by atoms with Crippen molar-refractivity contribution in [1.82, 2.24) is 0 Å². The average molecular weight is 539 g/mol. The molecule has 14 atom stereocenters. The second kappa shape index (κ2) is 10.9. The van der Waals surface area contributed by atoms with Crippen LogP contribution in [0.1, 0.15) is 91.4 Å². The van der Waals surface area contributed by atoms with Gasteiger partial charge in [-0.3, -0.25) is 4.79 Å². The third kappa shape index (κ3) is 4.85. The van der Waals surface area contributed by atoms with Gasteiger partial charge in [-0.25, -0.2) is 0 Å². The summed E-state index contributed by atoms with van der Waals surface area (Å²) in [6.07, 6.45) is 4.34. The monoisotopic (exact) mass is 538 g/mol. The van der Waals surface area contributed by atoms with Crippen molar-refractivity contribution in [1.29, 1.82) is 0 Å². The summed E-state index contributed by atoms with van der Waals surface area (Å²) in [5.41, 5.74) is 0.667. The third-order valence-corrected chi connectivity index (χ3v) is 12.3. The van der Waals surface area contributed by atoms with E-state index in [4.69, 9.17) is 9.47 Å². The van der Waals surface area contributed by atoms with Crippen LogP contribution in [0.15, 0.2) is 0 Å². The third-order valence-electron chi connectivity index (χ3n) is 12.3. The summed E-state index contributed by atoms with van der Waals surface area (Å²) >= 11 is 0. The van der Waals surface area contributed by atoms with Crippen LogP contribution >= 0.6 is 0 Å². The molecule has 0 unspecified atom stereocenters. The van der Waals surface area contributed by atoms with E-state index < -0.39 is 43.3 Å². The van der Waals surface area contributed by atoms with Crippen LogP contribution in [-0.2, 0) is 14.3 Å². The number of fused-ring (bicyclic) bond motifs is 5. The summed E-state index contributed by atoms with van der Waals surface area (Å²) in [6, 6.07) is 0. The number of hydrogen-bond acceptors (Lipinski definition) is 8. The van der Waals surface area contributed by atoms with Crippen LogP contribution < -0.4 is 0 Å². The van der Waals surface area contributed by atoms with Crippen LogP contribution in [0.3, 0.4) is 0 Å². The van der Waals surface area contributed by atoms with Gasteiger partial charge < -0.3 is 35.0 Å². The first-order chi connectivity index (χ1) is 18.0. The first kappa shape index (κ1) is 28.7. The molecular weight excluding hydrogens is 488 g/mol. The molecular formula is C30H50O8. The standard InChI is InChI=1S/C30H50O8/c1-16(4-9-24(33)38-28-27(36)26(35)25(34)23(15-31)37-28)20-7-8-21-19-6-5-17-14-18(32)10-12-29(17,2)22(19)11-13-30(20,21)3/h16-23,25-28,31-32,34-36H,4-15H2,1-3H3/t16-,17-,18-,19+,20-,21+,22+,23-,25-,26+,27-,28-,29+,30-/m1/s1. The Kier molecular flexibility index (Phi) is 8.25. The highest BCUT2D eigenvalue weighted by molar-refractivity contribution is 5.69. The largest absolute Gasteiger partial charge is 0.433 e. The Hall–Kier alpha value is -0.770. The van der Waals surface area contributed by atoms with Gasteiger partial charge in [-0.15, -0.1) is 0 Å². The molecule has 0 amide bonds.